The van der Waals surface area contributed by atoms with Crippen LogP contribution in [0.3, 0.4) is 0 Å². The highest BCUT2D eigenvalue weighted by atomic mass is 16.2. The Bertz CT molecular complexity index is 1160. The molecule has 1 aliphatic rings. The van der Waals surface area contributed by atoms with E-state index in [9.17, 15) is 14.4 Å². The van der Waals surface area contributed by atoms with E-state index >= 15 is 0 Å². The molecular weight excluding hydrogens is 372 g/mol. The number of amides is 1. The second kappa shape index (κ2) is 7.50. The van der Waals surface area contributed by atoms with Crippen molar-refractivity contribution in [3.63, 3.8) is 0 Å². The van der Waals surface area contributed by atoms with Crippen molar-refractivity contribution in [1.29, 1.82) is 0 Å². The predicted octanol–water partition coefficient (Wildman–Crippen LogP) is 0.342. The summed E-state index contributed by atoms with van der Waals surface area (Å²) in [4.78, 5) is 45.9. The molecule has 0 aliphatic carbocycles. The quantitative estimate of drug-likeness (QED) is 0.687. The minimum absolute atomic E-state index is 0.0815. The number of nitrogens with one attached hydrogen (secondary N) is 1. The van der Waals surface area contributed by atoms with Crippen LogP contribution in [-0.2, 0) is 31.2 Å². The van der Waals surface area contributed by atoms with Crippen LogP contribution in [-0.4, -0.2) is 41.7 Å². The van der Waals surface area contributed by atoms with Gasteiger partial charge < -0.3 is 9.88 Å². The number of H-pyrrole nitrogens is 1. The summed E-state index contributed by atoms with van der Waals surface area (Å²) < 4.78 is 2.83. The van der Waals surface area contributed by atoms with Crippen LogP contribution >= 0.6 is 0 Å². The van der Waals surface area contributed by atoms with Gasteiger partial charge in [-0.25, -0.2) is 14.5 Å². The first kappa shape index (κ1) is 18.9. The van der Waals surface area contributed by atoms with Crippen LogP contribution in [0.15, 0.2) is 46.1 Å². The number of aromatic nitrogens is 5. The Morgan fingerprint density at radius 1 is 1.21 bits per heavy atom. The Morgan fingerprint density at radius 3 is 2.72 bits per heavy atom. The van der Waals surface area contributed by atoms with Crippen LogP contribution in [0.5, 0.6) is 0 Å². The fourth-order valence-electron chi connectivity index (χ4n) is 3.72. The molecule has 0 spiro atoms. The molecular formula is C20H22N6O3. The Balaban J connectivity index is 1.65. The first-order chi connectivity index (χ1) is 13.9. The molecule has 1 atom stereocenters. The Kier molecular flexibility index (Phi) is 4.87. The summed E-state index contributed by atoms with van der Waals surface area (Å²) in [5, 5.41) is 4.43. The third-order valence-corrected chi connectivity index (χ3v) is 5.22. The van der Waals surface area contributed by atoms with Gasteiger partial charge in [-0.3, -0.25) is 14.2 Å². The van der Waals surface area contributed by atoms with E-state index in [4.69, 9.17) is 0 Å². The smallest absolute Gasteiger partial charge is 0.328 e. The number of aromatic amines is 1. The molecule has 0 saturated heterocycles. The van der Waals surface area contributed by atoms with Gasteiger partial charge in [0.15, 0.2) is 0 Å². The maximum atomic E-state index is 13.2. The summed E-state index contributed by atoms with van der Waals surface area (Å²) in [5.41, 5.74) is 0.385. The van der Waals surface area contributed by atoms with E-state index < -0.39 is 11.2 Å². The second-order valence-corrected chi connectivity index (χ2v) is 7.19. The van der Waals surface area contributed by atoms with E-state index in [0.29, 0.717) is 25.3 Å². The number of hydrogen-bond donors (Lipinski definition) is 1. The third kappa shape index (κ3) is 3.63. The summed E-state index contributed by atoms with van der Waals surface area (Å²) in [6, 6.07) is 9.64. The van der Waals surface area contributed by atoms with Gasteiger partial charge in [0.1, 0.15) is 11.6 Å². The molecule has 150 valence electrons. The first-order valence-corrected chi connectivity index (χ1v) is 9.46. The average molecular weight is 394 g/mol. The lowest BCUT2D eigenvalue weighted by molar-refractivity contribution is -0.134. The van der Waals surface area contributed by atoms with Crippen molar-refractivity contribution in [2.45, 2.75) is 32.4 Å². The average Bonchev–Trinajstić information content (AvgIpc) is 3.10. The van der Waals surface area contributed by atoms with Gasteiger partial charge in [-0.1, -0.05) is 30.3 Å². The molecule has 0 bridgehead atoms. The largest absolute Gasteiger partial charge is 0.330 e. The molecule has 1 aromatic carbocycles. The fourth-order valence-corrected chi connectivity index (χ4v) is 3.72. The zero-order chi connectivity index (χ0) is 20.5. The minimum Gasteiger partial charge on any atom is -0.330 e. The highest BCUT2D eigenvalue weighted by Crippen LogP contribution is 2.28. The van der Waals surface area contributed by atoms with Crippen molar-refractivity contribution in [1.82, 2.24) is 29.2 Å². The third-order valence-electron chi connectivity index (χ3n) is 5.22. The number of aryl methyl sites for hydroxylation is 1. The monoisotopic (exact) mass is 394 g/mol. The van der Waals surface area contributed by atoms with Crippen LogP contribution in [0.2, 0.25) is 0 Å². The summed E-state index contributed by atoms with van der Waals surface area (Å²) in [7, 11) is 1.39. The molecule has 2 aromatic heterocycles. The van der Waals surface area contributed by atoms with E-state index in [1.165, 1.54) is 13.2 Å². The van der Waals surface area contributed by atoms with Crippen molar-refractivity contribution in [3.8, 4) is 0 Å². The van der Waals surface area contributed by atoms with Crippen LogP contribution in [0.4, 0.5) is 0 Å². The van der Waals surface area contributed by atoms with E-state index in [1.54, 1.807) is 4.90 Å². The van der Waals surface area contributed by atoms with Crippen LogP contribution in [0.1, 0.15) is 28.8 Å². The normalized spacial score (nSPS) is 15.9. The van der Waals surface area contributed by atoms with Gasteiger partial charge in [-0.05, 0) is 12.5 Å². The number of nitrogens with zero attached hydrogens (tertiary/aromatic N) is 5. The zero-order valence-electron chi connectivity index (χ0n) is 16.3. The maximum Gasteiger partial charge on any atom is 0.328 e. The van der Waals surface area contributed by atoms with Gasteiger partial charge in [0.2, 0.25) is 5.91 Å². The number of fused-ring (bicyclic) bond motifs is 1. The summed E-state index contributed by atoms with van der Waals surface area (Å²) in [6.07, 6.45) is 1.85. The molecule has 0 fully saturated rings. The van der Waals surface area contributed by atoms with Crippen molar-refractivity contribution < 1.29 is 4.79 Å². The first-order valence-electron chi connectivity index (χ1n) is 9.46. The predicted molar refractivity (Wildman–Crippen MR) is 105 cm³/mol. The van der Waals surface area contributed by atoms with Gasteiger partial charge in [-0.15, -0.1) is 0 Å². The topological polar surface area (TPSA) is 106 Å². The van der Waals surface area contributed by atoms with Gasteiger partial charge in [0.05, 0.1) is 19.0 Å². The SMILES string of the molecule is Cc1nc2n(n1)CCN(C(=O)Cc1c[nH]c(=O)n(C)c1=O)[C@H]2Cc1ccccc1. The van der Waals surface area contributed by atoms with Gasteiger partial charge >= 0.3 is 5.69 Å². The summed E-state index contributed by atoms with van der Waals surface area (Å²) in [5.74, 6) is 1.24. The molecule has 4 rings (SSSR count). The number of carbonyl (C=O) groups excluding carboxylic acids is 1. The molecule has 0 saturated carbocycles. The standard InChI is InChI=1S/C20H22N6O3/c1-13-22-18-16(10-14-6-4-3-5-7-14)25(8-9-26(18)23-13)17(27)11-15-12-21-20(29)24(2)19(15)28/h3-7,12,16H,8-11H2,1-2H3,(H,21,29)/t16-/m0/s1. The Morgan fingerprint density at radius 2 is 1.97 bits per heavy atom. The molecule has 3 heterocycles. The molecule has 9 heteroatoms. The van der Waals surface area contributed by atoms with Gasteiger partial charge in [0, 0.05) is 31.8 Å². The molecule has 1 aliphatic heterocycles. The van der Waals surface area contributed by atoms with Crippen LogP contribution in [0.25, 0.3) is 0 Å². The number of hydrogen-bond acceptors (Lipinski definition) is 5. The molecule has 1 N–H and O–H groups in total. The molecule has 1 amide bonds. The van der Waals surface area contributed by atoms with Crippen molar-refractivity contribution in [2.24, 2.45) is 7.05 Å². The Hall–Kier alpha value is -3.49. The highest BCUT2D eigenvalue weighted by Gasteiger charge is 2.33. The lowest BCUT2D eigenvalue weighted by atomic mass is 10.0. The molecule has 3 aromatic rings. The van der Waals surface area contributed by atoms with Gasteiger partial charge in [0.25, 0.3) is 5.56 Å². The summed E-state index contributed by atoms with van der Waals surface area (Å²) in [6.45, 7) is 2.87. The van der Waals surface area contributed by atoms with E-state index in [0.717, 1.165) is 16.0 Å². The maximum absolute atomic E-state index is 13.2. The van der Waals surface area contributed by atoms with Crippen molar-refractivity contribution in [3.05, 3.63) is 80.1 Å². The van der Waals surface area contributed by atoms with Crippen molar-refractivity contribution in [2.75, 3.05) is 6.54 Å². The number of rotatable bonds is 4. The summed E-state index contributed by atoms with van der Waals surface area (Å²) >= 11 is 0. The highest BCUT2D eigenvalue weighted by molar-refractivity contribution is 5.79. The van der Waals surface area contributed by atoms with Crippen LogP contribution in [0, 0.1) is 6.92 Å². The molecule has 29 heavy (non-hydrogen) atoms. The minimum atomic E-state index is -0.505. The molecule has 0 unspecified atom stereocenters. The van der Waals surface area contributed by atoms with E-state index in [2.05, 4.69) is 15.1 Å². The lowest BCUT2D eigenvalue weighted by Crippen LogP contribution is -2.45. The van der Waals surface area contributed by atoms with E-state index in [-0.39, 0.29) is 23.9 Å². The second-order valence-electron chi connectivity index (χ2n) is 7.19. The zero-order valence-corrected chi connectivity index (χ0v) is 16.3. The molecule has 9 nitrogen and oxygen atoms in total. The fraction of sp³-hybridized carbons (Fsp3) is 0.350. The van der Waals surface area contributed by atoms with Crippen LogP contribution < -0.4 is 11.2 Å². The lowest BCUT2D eigenvalue weighted by Gasteiger charge is -2.35. The van der Waals surface area contributed by atoms with E-state index in [1.807, 2.05) is 41.9 Å². The number of carbonyl (C=O) groups is 1. The van der Waals surface area contributed by atoms with Crippen molar-refractivity contribution >= 4 is 5.91 Å². The molecule has 0 radical (unpaired) electrons. The van der Waals surface area contributed by atoms with Gasteiger partial charge in [-0.2, -0.15) is 5.10 Å². The number of benzene rings is 1. The Labute approximate surface area is 166 Å².